The fourth-order valence-corrected chi connectivity index (χ4v) is 1.90. The van der Waals surface area contributed by atoms with E-state index in [-0.39, 0.29) is 5.91 Å². The van der Waals surface area contributed by atoms with Crippen LogP contribution in [0.25, 0.3) is 0 Å². The van der Waals surface area contributed by atoms with Gasteiger partial charge in [0.2, 0.25) is 5.91 Å². The van der Waals surface area contributed by atoms with E-state index in [1.165, 1.54) is 0 Å². The SMILES string of the molecule is CCCC(C)COCC(C)(NC1CC1)C(N)=O. The Hall–Kier alpha value is -0.610. The summed E-state index contributed by atoms with van der Waals surface area (Å²) in [7, 11) is 0. The molecule has 0 spiro atoms. The van der Waals surface area contributed by atoms with Gasteiger partial charge >= 0.3 is 0 Å². The maximum Gasteiger partial charge on any atom is 0.239 e. The summed E-state index contributed by atoms with van der Waals surface area (Å²) >= 11 is 0. The number of amides is 1. The van der Waals surface area contributed by atoms with E-state index in [4.69, 9.17) is 10.5 Å². The second-order valence-corrected chi connectivity index (χ2v) is 5.52. The summed E-state index contributed by atoms with van der Waals surface area (Å²) in [4.78, 5) is 11.5. The topological polar surface area (TPSA) is 64.3 Å². The highest BCUT2D eigenvalue weighted by atomic mass is 16.5. The minimum Gasteiger partial charge on any atom is -0.379 e. The van der Waals surface area contributed by atoms with E-state index in [0.29, 0.717) is 25.2 Å². The summed E-state index contributed by atoms with van der Waals surface area (Å²) in [6.07, 6.45) is 4.59. The third-order valence-corrected chi connectivity index (χ3v) is 3.22. The third kappa shape index (κ3) is 5.04. The summed E-state index contributed by atoms with van der Waals surface area (Å²) < 4.78 is 5.64. The van der Waals surface area contributed by atoms with Crippen molar-refractivity contribution in [2.75, 3.05) is 13.2 Å². The lowest BCUT2D eigenvalue weighted by Crippen LogP contribution is -2.57. The van der Waals surface area contributed by atoms with Gasteiger partial charge in [0.15, 0.2) is 0 Å². The number of primary amides is 1. The molecule has 1 aliphatic carbocycles. The first-order valence-electron chi connectivity index (χ1n) is 6.63. The maximum absolute atomic E-state index is 11.5. The number of nitrogens with two attached hydrogens (primary N) is 1. The van der Waals surface area contributed by atoms with Gasteiger partial charge in [0.25, 0.3) is 0 Å². The molecule has 0 aliphatic heterocycles. The highest BCUT2D eigenvalue weighted by molar-refractivity contribution is 5.84. The van der Waals surface area contributed by atoms with Gasteiger partial charge in [-0.2, -0.15) is 0 Å². The molecule has 4 heteroatoms. The molecule has 1 amide bonds. The molecule has 0 aromatic carbocycles. The van der Waals surface area contributed by atoms with Gasteiger partial charge in [0.05, 0.1) is 6.61 Å². The van der Waals surface area contributed by atoms with E-state index < -0.39 is 5.54 Å². The summed E-state index contributed by atoms with van der Waals surface area (Å²) in [5, 5.41) is 3.27. The third-order valence-electron chi connectivity index (χ3n) is 3.22. The monoisotopic (exact) mass is 242 g/mol. The van der Waals surface area contributed by atoms with Crippen LogP contribution in [0.2, 0.25) is 0 Å². The first-order valence-corrected chi connectivity index (χ1v) is 6.63. The normalized spacial score (nSPS) is 20.9. The van der Waals surface area contributed by atoms with E-state index >= 15 is 0 Å². The fourth-order valence-electron chi connectivity index (χ4n) is 1.90. The van der Waals surface area contributed by atoms with Crippen molar-refractivity contribution in [3.05, 3.63) is 0 Å². The summed E-state index contributed by atoms with van der Waals surface area (Å²) in [5.41, 5.74) is 4.73. The van der Waals surface area contributed by atoms with Crippen LogP contribution in [0.15, 0.2) is 0 Å². The molecule has 1 saturated carbocycles. The van der Waals surface area contributed by atoms with Crippen LogP contribution in [-0.2, 0) is 9.53 Å². The number of rotatable bonds is 9. The molecular weight excluding hydrogens is 216 g/mol. The van der Waals surface area contributed by atoms with Crippen molar-refractivity contribution in [2.24, 2.45) is 11.7 Å². The standard InChI is InChI=1S/C13H26N2O2/c1-4-5-10(2)8-17-9-13(3,12(14)16)15-11-6-7-11/h10-11,15H,4-9H2,1-3H3,(H2,14,16). The van der Waals surface area contributed by atoms with Crippen LogP contribution < -0.4 is 11.1 Å². The van der Waals surface area contributed by atoms with E-state index in [1.807, 2.05) is 6.92 Å². The molecule has 0 saturated heterocycles. The van der Waals surface area contributed by atoms with Crippen LogP contribution in [0, 0.1) is 5.92 Å². The zero-order valence-corrected chi connectivity index (χ0v) is 11.3. The molecule has 1 fully saturated rings. The highest BCUT2D eigenvalue weighted by Crippen LogP contribution is 2.22. The summed E-state index contributed by atoms with van der Waals surface area (Å²) in [5.74, 6) is 0.214. The van der Waals surface area contributed by atoms with Gasteiger partial charge in [-0.05, 0) is 32.1 Å². The van der Waals surface area contributed by atoms with E-state index in [9.17, 15) is 4.79 Å². The summed E-state index contributed by atoms with van der Waals surface area (Å²) in [6.45, 7) is 7.23. The van der Waals surface area contributed by atoms with Crippen LogP contribution in [0.5, 0.6) is 0 Å². The molecule has 0 aromatic heterocycles. The van der Waals surface area contributed by atoms with Crippen molar-refractivity contribution in [1.82, 2.24) is 5.32 Å². The number of hydrogen-bond acceptors (Lipinski definition) is 3. The lowest BCUT2D eigenvalue weighted by atomic mass is 10.0. The van der Waals surface area contributed by atoms with E-state index in [1.54, 1.807) is 0 Å². The Morgan fingerprint density at radius 1 is 1.59 bits per heavy atom. The fraction of sp³-hybridized carbons (Fsp3) is 0.923. The molecule has 1 aliphatic rings. The largest absolute Gasteiger partial charge is 0.379 e. The number of hydrogen-bond donors (Lipinski definition) is 2. The zero-order valence-electron chi connectivity index (χ0n) is 11.3. The molecule has 1 rings (SSSR count). The maximum atomic E-state index is 11.5. The van der Waals surface area contributed by atoms with Gasteiger partial charge in [-0.1, -0.05) is 20.3 Å². The number of ether oxygens (including phenoxy) is 1. The van der Waals surface area contributed by atoms with Crippen molar-refractivity contribution in [1.29, 1.82) is 0 Å². The Morgan fingerprint density at radius 3 is 2.71 bits per heavy atom. The van der Waals surface area contributed by atoms with E-state index in [2.05, 4.69) is 19.2 Å². The predicted molar refractivity (Wildman–Crippen MR) is 68.6 cm³/mol. The van der Waals surface area contributed by atoms with Crippen LogP contribution in [-0.4, -0.2) is 30.7 Å². The molecule has 2 unspecified atom stereocenters. The zero-order chi connectivity index (χ0) is 12.9. The van der Waals surface area contributed by atoms with Gasteiger partial charge in [0.1, 0.15) is 5.54 Å². The molecule has 0 radical (unpaired) electrons. The molecule has 3 N–H and O–H groups in total. The first kappa shape index (κ1) is 14.5. The lowest BCUT2D eigenvalue weighted by molar-refractivity contribution is -0.126. The average molecular weight is 242 g/mol. The molecule has 0 heterocycles. The second kappa shape index (κ2) is 6.36. The van der Waals surface area contributed by atoms with Crippen LogP contribution in [0.3, 0.4) is 0 Å². The Morgan fingerprint density at radius 2 is 2.24 bits per heavy atom. The number of nitrogens with one attached hydrogen (secondary N) is 1. The minimum absolute atomic E-state index is 0.326. The van der Waals surface area contributed by atoms with Crippen LogP contribution in [0.4, 0.5) is 0 Å². The van der Waals surface area contributed by atoms with Crippen molar-refractivity contribution in [2.45, 2.75) is 58.0 Å². The lowest BCUT2D eigenvalue weighted by Gasteiger charge is -2.28. The van der Waals surface area contributed by atoms with Crippen LogP contribution in [0.1, 0.15) is 46.5 Å². The van der Waals surface area contributed by atoms with Crippen molar-refractivity contribution < 1.29 is 9.53 Å². The van der Waals surface area contributed by atoms with Gasteiger partial charge in [-0.15, -0.1) is 0 Å². The molecule has 0 bridgehead atoms. The molecule has 0 aromatic rings. The Kier molecular flexibility index (Phi) is 5.40. The van der Waals surface area contributed by atoms with Gasteiger partial charge < -0.3 is 10.5 Å². The average Bonchev–Trinajstić information content (AvgIpc) is 3.01. The number of carbonyl (C=O) groups is 1. The quantitative estimate of drug-likeness (QED) is 0.643. The number of carbonyl (C=O) groups excluding carboxylic acids is 1. The Bertz CT molecular complexity index is 254. The smallest absolute Gasteiger partial charge is 0.239 e. The Balaban J connectivity index is 2.30. The van der Waals surface area contributed by atoms with Crippen molar-refractivity contribution in [3.63, 3.8) is 0 Å². The van der Waals surface area contributed by atoms with Gasteiger partial charge in [-0.25, -0.2) is 0 Å². The van der Waals surface area contributed by atoms with Crippen molar-refractivity contribution >= 4 is 5.91 Å². The Labute approximate surface area is 104 Å². The highest BCUT2D eigenvalue weighted by Gasteiger charge is 2.37. The molecule has 2 atom stereocenters. The molecule has 4 nitrogen and oxygen atoms in total. The van der Waals surface area contributed by atoms with Crippen LogP contribution >= 0.6 is 0 Å². The molecule has 17 heavy (non-hydrogen) atoms. The second-order valence-electron chi connectivity index (χ2n) is 5.52. The molecule has 100 valence electrons. The van der Waals surface area contributed by atoms with Gasteiger partial charge in [-0.3, -0.25) is 10.1 Å². The molecular formula is C13H26N2O2. The minimum atomic E-state index is -0.715. The predicted octanol–water partition coefficient (Wildman–Crippen LogP) is 1.44. The summed E-state index contributed by atoms with van der Waals surface area (Å²) in [6, 6.07) is 0.448. The van der Waals surface area contributed by atoms with Gasteiger partial charge in [0, 0.05) is 12.6 Å². The van der Waals surface area contributed by atoms with Crippen molar-refractivity contribution in [3.8, 4) is 0 Å². The van der Waals surface area contributed by atoms with E-state index in [0.717, 1.165) is 25.7 Å². The first-order chi connectivity index (χ1) is 7.98.